The lowest BCUT2D eigenvalue weighted by atomic mass is 9.93. The molecule has 16 heavy (non-hydrogen) atoms. The molecule has 0 aliphatic heterocycles. The highest BCUT2D eigenvalue weighted by Gasteiger charge is 2.28. The summed E-state index contributed by atoms with van der Waals surface area (Å²) in [5.41, 5.74) is 1.20. The lowest BCUT2D eigenvalue weighted by molar-refractivity contribution is -0.143. The van der Waals surface area contributed by atoms with Crippen LogP contribution < -0.4 is 0 Å². The first-order chi connectivity index (χ1) is 7.81. The van der Waals surface area contributed by atoms with Crippen molar-refractivity contribution >= 4 is 5.97 Å². The Morgan fingerprint density at radius 2 is 2.19 bits per heavy atom. The second kappa shape index (κ2) is 4.97. The maximum atomic E-state index is 11.3. The monoisotopic (exact) mass is 216 g/mol. The van der Waals surface area contributed by atoms with Crippen molar-refractivity contribution in [3.05, 3.63) is 48.6 Å². The number of carbonyl (C=O) groups is 1. The van der Waals surface area contributed by atoms with Gasteiger partial charge in [-0.05, 0) is 24.8 Å². The van der Waals surface area contributed by atoms with Crippen LogP contribution in [-0.4, -0.2) is 12.1 Å². The van der Waals surface area contributed by atoms with E-state index in [1.807, 2.05) is 6.08 Å². The van der Waals surface area contributed by atoms with Crippen LogP contribution in [-0.2, 0) is 9.53 Å². The van der Waals surface area contributed by atoms with Gasteiger partial charge in [-0.3, -0.25) is 0 Å². The Hall–Kier alpha value is -1.57. The Morgan fingerprint density at radius 1 is 1.44 bits per heavy atom. The molecule has 0 radical (unpaired) electrons. The van der Waals surface area contributed by atoms with Crippen LogP contribution in [0, 0.1) is 5.92 Å². The summed E-state index contributed by atoms with van der Waals surface area (Å²) in [6.45, 7) is 3.44. The zero-order valence-corrected chi connectivity index (χ0v) is 9.26. The molecular weight excluding hydrogens is 200 g/mol. The Labute approximate surface area is 96.0 Å². The Balaban J connectivity index is 2.06. The molecule has 2 rings (SSSR count). The van der Waals surface area contributed by atoms with E-state index in [9.17, 15) is 4.79 Å². The number of allylic oxidation sites excluding steroid dienone is 5. The molecule has 0 heterocycles. The van der Waals surface area contributed by atoms with E-state index in [-0.39, 0.29) is 12.1 Å². The van der Waals surface area contributed by atoms with E-state index >= 15 is 0 Å². The Bertz CT molecular complexity index is 366. The van der Waals surface area contributed by atoms with Gasteiger partial charge in [0.15, 0.2) is 0 Å². The number of ether oxygens (including phenoxy) is 1. The zero-order chi connectivity index (χ0) is 11.4. The summed E-state index contributed by atoms with van der Waals surface area (Å²) in [6, 6.07) is 0. The molecule has 0 amide bonds. The summed E-state index contributed by atoms with van der Waals surface area (Å²) in [7, 11) is 0. The highest BCUT2D eigenvalue weighted by Crippen LogP contribution is 2.31. The first-order valence-corrected chi connectivity index (χ1v) is 5.65. The molecule has 2 aliphatic rings. The van der Waals surface area contributed by atoms with Gasteiger partial charge in [-0.2, -0.15) is 0 Å². The minimum atomic E-state index is -0.329. The van der Waals surface area contributed by atoms with Crippen LogP contribution in [0.4, 0.5) is 0 Å². The van der Waals surface area contributed by atoms with Crippen molar-refractivity contribution in [2.24, 2.45) is 5.92 Å². The van der Waals surface area contributed by atoms with Crippen molar-refractivity contribution in [1.29, 1.82) is 0 Å². The van der Waals surface area contributed by atoms with E-state index in [2.05, 4.69) is 30.9 Å². The minimum Gasteiger partial charge on any atom is -0.454 e. The van der Waals surface area contributed by atoms with Gasteiger partial charge >= 0.3 is 5.97 Å². The molecule has 0 spiro atoms. The predicted octanol–water partition coefficient (Wildman–Crippen LogP) is 2.94. The molecule has 2 aliphatic carbocycles. The van der Waals surface area contributed by atoms with Crippen LogP contribution in [0.2, 0.25) is 0 Å². The van der Waals surface area contributed by atoms with E-state index in [4.69, 9.17) is 4.74 Å². The highest BCUT2D eigenvalue weighted by atomic mass is 16.5. The third kappa shape index (κ3) is 2.32. The molecule has 0 aromatic carbocycles. The number of hydrogen-bond donors (Lipinski definition) is 0. The van der Waals surface area contributed by atoms with Crippen molar-refractivity contribution < 1.29 is 9.53 Å². The van der Waals surface area contributed by atoms with Crippen LogP contribution in [0.3, 0.4) is 0 Å². The van der Waals surface area contributed by atoms with Crippen molar-refractivity contribution in [2.75, 3.05) is 0 Å². The van der Waals surface area contributed by atoms with Crippen molar-refractivity contribution in [2.45, 2.75) is 25.4 Å². The summed E-state index contributed by atoms with van der Waals surface area (Å²) >= 11 is 0. The van der Waals surface area contributed by atoms with E-state index < -0.39 is 0 Å². The van der Waals surface area contributed by atoms with E-state index in [1.165, 1.54) is 11.6 Å². The summed E-state index contributed by atoms with van der Waals surface area (Å²) < 4.78 is 5.46. The number of hydrogen-bond acceptors (Lipinski definition) is 2. The van der Waals surface area contributed by atoms with Crippen LogP contribution in [0.1, 0.15) is 19.3 Å². The largest absolute Gasteiger partial charge is 0.454 e. The van der Waals surface area contributed by atoms with Gasteiger partial charge in [0.1, 0.15) is 6.10 Å². The minimum absolute atomic E-state index is 0.0875. The molecule has 2 heteroatoms. The second-order valence-electron chi connectivity index (χ2n) is 4.14. The average Bonchev–Trinajstić information content (AvgIpc) is 2.97. The van der Waals surface area contributed by atoms with Crippen LogP contribution in [0.15, 0.2) is 48.6 Å². The number of esters is 1. The standard InChI is InChI=1S/C14H16O2/c1-2-13(15)16-14(11-7-3-4-8-11)12-9-5-6-10-12/h2-7,12,14H,1,8-10H2. The molecule has 0 aromatic heterocycles. The lowest BCUT2D eigenvalue weighted by Gasteiger charge is -2.24. The van der Waals surface area contributed by atoms with Gasteiger partial charge in [-0.1, -0.05) is 37.0 Å². The molecule has 0 bridgehead atoms. The van der Waals surface area contributed by atoms with E-state index in [0.29, 0.717) is 5.92 Å². The van der Waals surface area contributed by atoms with Crippen molar-refractivity contribution in [3.8, 4) is 0 Å². The first-order valence-electron chi connectivity index (χ1n) is 5.65. The van der Waals surface area contributed by atoms with Gasteiger partial charge < -0.3 is 4.74 Å². The number of rotatable bonds is 4. The lowest BCUT2D eigenvalue weighted by Crippen LogP contribution is -2.26. The quantitative estimate of drug-likeness (QED) is 0.410. The molecule has 0 aromatic rings. The number of carbonyl (C=O) groups excluding carboxylic acids is 1. The summed E-state index contributed by atoms with van der Waals surface area (Å²) in [4.78, 5) is 11.3. The molecule has 84 valence electrons. The molecule has 0 saturated carbocycles. The van der Waals surface area contributed by atoms with Gasteiger partial charge in [-0.25, -0.2) is 4.79 Å². The molecule has 0 N–H and O–H groups in total. The molecule has 2 nitrogen and oxygen atoms in total. The van der Waals surface area contributed by atoms with Gasteiger partial charge in [0.05, 0.1) is 0 Å². The normalized spacial score (nSPS) is 20.9. The fourth-order valence-corrected chi connectivity index (χ4v) is 2.21. The smallest absolute Gasteiger partial charge is 0.330 e. The Kier molecular flexibility index (Phi) is 3.40. The van der Waals surface area contributed by atoms with Crippen molar-refractivity contribution in [3.63, 3.8) is 0 Å². The van der Waals surface area contributed by atoms with E-state index in [1.54, 1.807) is 0 Å². The van der Waals surface area contributed by atoms with Gasteiger partial charge in [0.2, 0.25) is 0 Å². The van der Waals surface area contributed by atoms with E-state index in [0.717, 1.165) is 19.3 Å². The van der Waals surface area contributed by atoms with Crippen LogP contribution in [0.5, 0.6) is 0 Å². The Morgan fingerprint density at radius 3 is 2.75 bits per heavy atom. The summed E-state index contributed by atoms with van der Waals surface area (Å²) in [5, 5.41) is 0. The summed E-state index contributed by atoms with van der Waals surface area (Å²) in [6.07, 6.45) is 14.5. The molecule has 0 saturated heterocycles. The fraction of sp³-hybridized carbons (Fsp3) is 0.357. The second-order valence-corrected chi connectivity index (χ2v) is 4.14. The van der Waals surface area contributed by atoms with Crippen LogP contribution >= 0.6 is 0 Å². The van der Waals surface area contributed by atoms with Gasteiger partial charge in [0.25, 0.3) is 0 Å². The maximum absolute atomic E-state index is 11.3. The van der Waals surface area contributed by atoms with Gasteiger partial charge in [0, 0.05) is 12.0 Å². The molecular formula is C14H16O2. The predicted molar refractivity (Wildman–Crippen MR) is 63.8 cm³/mol. The maximum Gasteiger partial charge on any atom is 0.330 e. The van der Waals surface area contributed by atoms with Crippen molar-refractivity contribution in [1.82, 2.24) is 0 Å². The fourth-order valence-electron chi connectivity index (χ4n) is 2.21. The zero-order valence-electron chi connectivity index (χ0n) is 9.26. The topological polar surface area (TPSA) is 26.3 Å². The molecule has 0 fully saturated rings. The molecule has 1 unspecified atom stereocenters. The first kappa shape index (κ1) is 10.9. The summed E-state index contributed by atoms with van der Waals surface area (Å²) in [5.74, 6) is 0.0692. The average molecular weight is 216 g/mol. The SMILES string of the molecule is C=CC(=O)OC(C1=CC=CC1)C1CC=CC1. The van der Waals surface area contributed by atoms with Crippen LogP contribution in [0.25, 0.3) is 0 Å². The van der Waals surface area contributed by atoms with Gasteiger partial charge in [-0.15, -0.1) is 0 Å². The highest BCUT2D eigenvalue weighted by molar-refractivity contribution is 5.81. The third-order valence-electron chi connectivity index (χ3n) is 3.05. The molecule has 1 atom stereocenters. The third-order valence-corrected chi connectivity index (χ3v) is 3.05.